The lowest BCUT2D eigenvalue weighted by atomic mass is 10.2. The van der Waals surface area contributed by atoms with Crippen molar-refractivity contribution in [2.24, 2.45) is 0 Å². The van der Waals surface area contributed by atoms with Crippen LogP contribution in [0, 0.1) is 0 Å². The largest absolute Gasteiger partial charge is 0.461 e. The quantitative estimate of drug-likeness (QED) is 0.391. The summed E-state index contributed by atoms with van der Waals surface area (Å²) in [7, 11) is 0. The maximum absolute atomic E-state index is 5.95. The standard InChI is InChI=1S/C18H15ClN4OS2/c1-2-23-16(15-4-3-9-24-15)21-22-18(23)26-11-14-10-25-17(20-14)12-5-7-13(19)8-6-12/h3-10H,2,11H2,1H3. The number of halogens is 1. The summed E-state index contributed by atoms with van der Waals surface area (Å²) in [6.45, 7) is 2.85. The molecule has 0 saturated carbocycles. The number of rotatable bonds is 6. The third-order valence-corrected chi connectivity index (χ3v) is 5.96. The molecule has 132 valence electrons. The van der Waals surface area contributed by atoms with Gasteiger partial charge in [0.2, 0.25) is 0 Å². The van der Waals surface area contributed by atoms with Crippen molar-refractivity contribution in [1.82, 2.24) is 19.7 Å². The smallest absolute Gasteiger partial charge is 0.200 e. The highest BCUT2D eigenvalue weighted by molar-refractivity contribution is 7.98. The fourth-order valence-corrected chi connectivity index (χ4v) is 4.46. The number of furan rings is 1. The first-order chi connectivity index (χ1) is 12.7. The minimum Gasteiger partial charge on any atom is -0.461 e. The minimum atomic E-state index is 0.727. The van der Waals surface area contributed by atoms with Crippen LogP contribution in [0.2, 0.25) is 5.02 Å². The van der Waals surface area contributed by atoms with Gasteiger partial charge in [0.15, 0.2) is 16.7 Å². The molecule has 0 amide bonds. The van der Waals surface area contributed by atoms with Crippen LogP contribution in [0.1, 0.15) is 12.6 Å². The summed E-state index contributed by atoms with van der Waals surface area (Å²) in [6, 6.07) is 11.5. The maximum Gasteiger partial charge on any atom is 0.200 e. The van der Waals surface area contributed by atoms with Crippen molar-refractivity contribution in [1.29, 1.82) is 0 Å². The zero-order chi connectivity index (χ0) is 17.9. The summed E-state index contributed by atoms with van der Waals surface area (Å²) < 4.78 is 7.50. The van der Waals surface area contributed by atoms with Crippen LogP contribution in [0.25, 0.3) is 22.2 Å². The van der Waals surface area contributed by atoms with Crippen molar-refractivity contribution in [3.05, 3.63) is 58.8 Å². The molecular formula is C18H15ClN4OS2. The average Bonchev–Trinajstić information content (AvgIpc) is 3.40. The molecule has 0 radical (unpaired) electrons. The summed E-state index contributed by atoms with van der Waals surface area (Å²) in [4.78, 5) is 4.72. The molecule has 0 N–H and O–H groups in total. The van der Waals surface area contributed by atoms with E-state index in [1.165, 1.54) is 0 Å². The molecule has 1 aromatic carbocycles. The lowest BCUT2D eigenvalue weighted by Gasteiger charge is -2.04. The molecule has 26 heavy (non-hydrogen) atoms. The Bertz CT molecular complexity index is 993. The number of hydrogen-bond donors (Lipinski definition) is 0. The minimum absolute atomic E-state index is 0.727. The van der Waals surface area contributed by atoms with Crippen molar-refractivity contribution < 1.29 is 4.42 Å². The van der Waals surface area contributed by atoms with Gasteiger partial charge in [-0.1, -0.05) is 35.5 Å². The van der Waals surface area contributed by atoms with Gasteiger partial charge in [0.25, 0.3) is 0 Å². The van der Waals surface area contributed by atoms with Gasteiger partial charge in [-0.05, 0) is 31.2 Å². The van der Waals surface area contributed by atoms with Crippen LogP contribution >= 0.6 is 34.7 Å². The molecule has 0 aliphatic rings. The molecule has 3 aromatic heterocycles. The van der Waals surface area contributed by atoms with Crippen LogP contribution in [0.5, 0.6) is 0 Å². The van der Waals surface area contributed by atoms with E-state index in [0.29, 0.717) is 0 Å². The molecule has 0 spiro atoms. The van der Waals surface area contributed by atoms with Crippen LogP contribution in [0.15, 0.2) is 57.6 Å². The Labute approximate surface area is 164 Å². The maximum atomic E-state index is 5.95. The number of thioether (sulfide) groups is 1. The molecule has 0 atom stereocenters. The van der Waals surface area contributed by atoms with E-state index >= 15 is 0 Å². The summed E-state index contributed by atoms with van der Waals surface area (Å²) in [6.07, 6.45) is 1.64. The van der Waals surface area contributed by atoms with Gasteiger partial charge < -0.3 is 4.42 Å². The van der Waals surface area contributed by atoms with Crippen LogP contribution in [-0.4, -0.2) is 19.7 Å². The van der Waals surface area contributed by atoms with Crippen molar-refractivity contribution >= 4 is 34.7 Å². The molecule has 0 fully saturated rings. The van der Waals surface area contributed by atoms with E-state index in [-0.39, 0.29) is 0 Å². The first-order valence-electron chi connectivity index (χ1n) is 8.05. The van der Waals surface area contributed by atoms with E-state index in [4.69, 9.17) is 21.0 Å². The molecule has 0 saturated heterocycles. The third kappa shape index (κ3) is 3.56. The van der Waals surface area contributed by atoms with Gasteiger partial charge in [-0.15, -0.1) is 21.5 Å². The molecule has 0 bridgehead atoms. The van der Waals surface area contributed by atoms with Crippen LogP contribution in [0.4, 0.5) is 0 Å². The molecule has 4 aromatic rings. The second-order valence-corrected chi connectivity index (χ2v) is 7.70. The Morgan fingerprint density at radius 1 is 1.19 bits per heavy atom. The van der Waals surface area contributed by atoms with Gasteiger partial charge in [-0.25, -0.2) is 4.98 Å². The molecule has 0 unspecified atom stereocenters. The highest BCUT2D eigenvalue weighted by Gasteiger charge is 2.15. The molecular weight excluding hydrogens is 388 g/mol. The average molecular weight is 403 g/mol. The van der Waals surface area contributed by atoms with Gasteiger partial charge in [0.05, 0.1) is 12.0 Å². The molecule has 0 aliphatic carbocycles. The van der Waals surface area contributed by atoms with E-state index in [0.717, 1.165) is 50.3 Å². The fourth-order valence-electron chi connectivity index (χ4n) is 2.51. The molecule has 5 nitrogen and oxygen atoms in total. The Balaban J connectivity index is 1.49. The second kappa shape index (κ2) is 7.65. The molecule has 8 heteroatoms. The number of nitrogens with zero attached hydrogens (tertiary/aromatic N) is 4. The van der Waals surface area contributed by atoms with E-state index in [9.17, 15) is 0 Å². The van der Waals surface area contributed by atoms with E-state index in [2.05, 4.69) is 27.1 Å². The Kier molecular flexibility index (Phi) is 5.10. The second-order valence-electron chi connectivity index (χ2n) is 5.47. The molecule has 3 heterocycles. The highest BCUT2D eigenvalue weighted by Crippen LogP contribution is 2.29. The summed E-state index contributed by atoms with van der Waals surface area (Å²) in [5.74, 6) is 2.21. The van der Waals surface area contributed by atoms with E-state index < -0.39 is 0 Å². The first kappa shape index (κ1) is 17.3. The Hall–Kier alpha value is -2.09. The monoisotopic (exact) mass is 402 g/mol. The van der Waals surface area contributed by atoms with E-state index in [1.807, 2.05) is 36.4 Å². The summed E-state index contributed by atoms with van der Waals surface area (Å²) in [5, 5.41) is 13.2. The van der Waals surface area contributed by atoms with Crippen molar-refractivity contribution in [2.75, 3.05) is 0 Å². The fraction of sp³-hybridized carbons (Fsp3) is 0.167. The van der Waals surface area contributed by atoms with Gasteiger partial charge >= 0.3 is 0 Å². The van der Waals surface area contributed by atoms with Gasteiger partial charge in [0.1, 0.15) is 5.01 Å². The van der Waals surface area contributed by atoms with Crippen LogP contribution in [-0.2, 0) is 12.3 Å². The van der Waals surface area contributed by atoms with Gasteiger partial charge in [0, 0.05) is 28.3 Å². The summed E-state index contributed by atoms with van der Waals surface area (Å²) >= 11 is 9.20. The third-order valence-electron chi connectivity index (χ3n) is 3.77. The molecule has 4 rings (SSSR count). The number of thiazole rings is 1. The van der Waals surface area contributed by atoms with Crippen molar-refractivity contribution in [3.63, 3.8) is 0 Å². The zero-order valence-electron chi connectivity index (χ0n) is 13.9. The predicted octanol–water partition coefficient (Wildman–Crippen LogP) is 5.63. The highest BCUT2D eigenvalue weighted by atomic mass is 35.5. The number of hydrogen-bond acceptors (Lipinski definition) is 6. The van der Waals surface area contributed by atoms with Crippen LogP contribution in [0.3, 0.4) is 0 Å². The molecule has 0 aliphatic heterocycles. The normalized spacial score (nSPS) is 11.2. The lowest BCUT2D eigenvalue weighted by molar-refractivity contribution is 0.567. The van der Waals surface area contributed by atoms with Crippen LogP contribution < -0.4 is 0 Å². The van der Waals surface area contributed by atoms with Gasteiger partial charge in [-0.3, -0.25) is 4.57 Å². The number of aromatic nitrogens is 4. The Morgan fingerprint density at radius 2 is 2.04 bits per heavy atom. The number of benzene rings is 1. The first-order valence-corrected chi connectivity index (χ1v) is 10.3. The van der Waals surface area contributed by atoms with Gasteiger partial charge in [-0.2, -0.15) is 0 Å². The van der Waals surface area contributed by atoms with Crippen molar-refractivity contribution in [2.45, 2.75) is 24.4 Å². The summed E-state index contributed by atoms with van der Waals surface area (Å²) in [5.41, 5.74) is 2.10. The SMILES string of the molecule is CCn1c(SCc2csc(-c3ccc(Cl)cc3)n2)nnc1-c1ccco1. The zero-order valence-corrected chi connectivity index (χ0v) is 16.3. The Morgan fingerprint density at radius 3 is 2.77 bits per heavy atom. The predicted molar refractivity (Wildman–Crippen MR) is 106 cm³/mol. The van der Waals surface area contributed by atoms with E-state index in [1.54, 1.807) is 29.4 Å². The van der Waals surface area contributed by atoms with Crippen molar-refractivity contribution in [3.8, 4) is 22.2 Å². The topological polar surface area (TPSA) is 56.7 Å². The lowest BCUT2D eigenvalue weighted by Crippen LogP contribution is -1.99.